The third-order valence-electron chi connectivity index (χ3n) is 2.28. The Morgan fingerprint density at radius 1 is 1.38 bits per heavy atom. The summed E-state index contributed by atoms with van der Waals surface area (Å²) < 4.78 is 13.9. The van der Waals surface area contributed by atoms with E-state index in [1.807, 2.05) is 11.8 Å². The molecule has 0 spiro atoms. The molecule has 0 aliphatic rings. The van der Waals surface area contributed by atoms with E-state index in [1.54, 1.807) is 12.1 Å². The van der Waals surface area contributed by atoms with E-state index in [0.717, 1.165) is 23.1 Å². The van der Waals surface area contributed by atoms with Gasteiger partial charge in [0.25, 0.3) is 0 Å². The molecule has 0 radical (unpaired) electrons. The van der Waals surface area contributed by atoms with Crippen molar-refractivity contribution in [2.45, 2.75) is 19.4 Å². The molecule has 0 fully saturated rings. The fraction of sp³-hybridized carbons (Fsp3) is 0.500. The highest BCUT2D eigenvalue weighted by Gasteiger charge is 2.00. The third kappa shape index (κ3) is 5.32. The van der Waals surface area contributed by atoms with Gasteiger partial charge >= 0.3 is 0 Å². The maximum absolute atomic E-state index is 13.0. The molecule has 90 valence electrons. The molecule has 0 unspecified atom stereocenters. The summed E-state index contributed by atoms with van der Waals surface area (Å²) in [7, 11) is 0. The molecule has 1 aromatic carbocycles. The molecule has 1 N–H and O–H groups in total. The summed E-state index contributed by atoms with van der Waals surface area (Å²) in [6.07, 6.45) is 4.53. The molecule has 0 bridgehead atoms. The van der Waals surface area contributed by atoms with Crippen molar-refractivity contribution in [1.82, 2.24) is 5.32 Å². The summed E-state index contributed by atoms with van der Waals surface area (Å²) in [6, 6.07) is 4.78. The lowest BCUT2D eigenvalue weighted by Crippen LogP contribution is -2.15. The highest BCUT2D eigenvalue weighted by atomic mass is 79.9. The minimum atomic E-state index is -0.178. The van der Waals surface area contributed by atoms with Crippen LogP contribution in [-0.2, 0) is 6.54 Å². The molecule has 1 nitrogen and oxygen atoms in total. The normalized spacial score (nSPS) is 10.7. The predicted molar refractivity (Wildman–Crippen MR) is 73.4 cm³/mol. The zero-order valence-electron chi connectivity index (χ0n) is 9.43. The summed E-state index contributed by atoms with van der Waals surface area (Å²) in [4.78, 5) is 0. The van der Waals surface area contributed by atoms with Crippen molar-refractivity contribution in [3.63, 3.8) is 0 Å². The smallest absolute Gasteiger partial charge is 0.123 e. The quantitative estimate of drug-likeness (QED) is 0.769. The van der Waals surface area contributed by atoms with Gasteiger partial charge in [-0.1, -0.05) is 15.9 Å². The molecular formula is C12H17BrFNS. The average Bonchev–Trinajstić information content (AvgIpc) is 2.28. The second-order valence-electron chi connectivity index (χ2n) is 3.61. The van der Waals surface area contributed by atoms with Gasteiger partial charge in [-0.25, -0.2) is 4.39 Å². The minimum Gasteiger partial charge on any atom is -0.313 e. The van der Waals surface area contributed by atoms with Crippen molar-refractivity contribution in [2.24, 2.45) is 0 Å². The van der Waals surface area contributed by atoms with Gasteiger partial charge in [0.15, 0.2) is 0 Å². The molecule has 1 aromatic rings. The third-order valence-corrected chi connectivity index (χ3v) is 3.75. The Kier molecular flexibility index (Phi) is 7.08. The van der Waals surface area contributed by atoms with Crippen LogP contribution in [0.1, 0.15) is 18.4 Å². The maximum atomic E-state index is 13.0. The van der Waals surface area contributed by atoms with Crippen molar-refractivity contribution in [2.75, 3.05) is 18.6 Å². The Morgan fingerprint density at radius 2 is 2.19 bits per heavy atom. The molecule has 0 amide bonds. The highest BCUT2D eigenvalue weighted by Crippen LogP contribution is 2.17. The van der Waals surface area contributed by atoms with Crippen molar-refractivity contribution in [3.05, 3.63) is 34.1 Å². The SMILES string of the molecule is CSCCCCNCc1cc(F)ccc1Br. The Labute approximate surface area is 109 Å². The Hall–Kier alpha value is -0.0600. The first-order chi connectivity index (χ1) is 7.74. The lowest BCUT2D eigenvalue weighted by molar-refractivity contribution is 0.613. The summed E-state index contributed by atoms with van der Waals surface area (Å²) in [5.74, 6) is 1.04. The number of benzene rings is 1. The van der Waals surface area contributed by atoms with E-state index in [0.29, 0.717) is 0 Å². The van der Waals surface area contributed by atoms with Gasteiger partial charge in [-0.15, -0.1) is 0 Å². The number of hydrogen-bond donors (Lipinski definition) is 1. The molecule has 0 saturated heterocycles. The maximum Gasteiger partial charge on any atom is 0.123 e. The van der Waals surface area contributed by atoms with Gasteiger partial charge in [-0.05, 0) is 55.2 Å². The molecule has 1 rings (SSSR count). The number of unbranched alkanes of at least 4 members (excludes halogenated alkanes) is 1. The van der Waals surface area contributed by atoms with Gasteiger partial charge in [0, 0.05) is 11.0 Å². The topological polar surface area (TPSA) is 12.0 Å². The molecule has 0 aliphatic carbocycles. The van der Waals surface area contributed by atoms with E-state index in [9.17, 15) is 4.39 Å². The summed E-state index contributed by atoms with van der Waals surface area (Å²) in [5.41, 5.74) is 0.977. The first-order valence-electron chi connectivity index (χ1n) is 5.37. The van der Waals surface area contributed by atoms with Gasteiger partial charge < -0.3 is 5.32 Å². The van der Waals surface area contributed by atoms with Crippen LogP contribution >= 0.6 is 27.7 Å². The van der Waals surface area contributed by atoms with Gasteiger partial charge in [0.1, 0.15) is 5.82 Å². The first-order valence-corrected chi connectivity index (χ1v) is 7.56. The zero-order chi connectivity index (χ0) is 11.8. The van der Waals surface area contributed by atoms with Crippen molar-refractivity contribution in [1.29, 1.82) is 0 Å². The lowest BCUT2D eigenvalue weighted by atomic mass is 10.2. The molecule has 0 aliphatic heterocycles. The van der Waals surface area contributed by atoms with Crippen LogP contribution in [0.3, 0.4) is 0 Å². The van der Waals surface area contributed by atoms with E-state index in [2.05, 4.69) is 27.5 Å². The Bertz CT molecular complexity index is 320. The van der Waals surface area contributed by atoms with Crippen LogP contribution < -0.4 is 5.32 Å². The Morgan fingerprint density at radius 3 is 2.94 bits per heavy atom. The number of nitrogens with one attached hydrogen (secondary N) is 1. The van der Waals surface area contributed by atoms with E-state index in [-0.39, 0.29) is 5.82 Å². The second-order valence-corrected chi connectivity index (χ2v) is 5.45. The fourth-order valence-corrected chi connectivity index (χ4v) is 2.28. The standard InChI is InChI=1S/C12H17BrFNS/c1-16-7-3-2-6-15-9-10-8-11(14)4-5-12(10)13/h4-5,8,15H,2-3,6-7,9H2,1H3. The number of thioether (sulfide) groups is 1. The number of hydrogen-bond acceptors (Lipinski definition) is 2. The van der Waals surface area contributed by atoms with Crippen LogP contribution in [0.5, 0.6) is 0 Å². The van der Waals surface area contributed by atoms with E-state index >= 15 is 0 Å². The zero-order valence-corrected chi connectivity index (χ0v) is 11.8. The van der Waals surface area contributed by atoms with Gasteiger partial charge in [0.05, 0.1) is 0 Å². The van der Waals surface area contributed by atoms with Crippen molar-refractivity contribution in [3.8, 4) is 0 Å². The molecule has 0 atom stereocenters. The van der Waals surface area contributed by atoms with Gasteiger partial charge in [0.2, 0.25) is 0 Å². The molecule has 0 aromatic heterocycles. The van der Waals surface area contributed by atoms with Crippen LogP contribution in [0, 0.1) is 5.82 Å². The van der Waals surface area contributed by atoms with Crippen LogP contribution in [0.4, 0.5) is 4.39 Å². The molecular weight excluding hydrogens is 289 g/mol. The number of rotatable bonds is 7. The largest absolute Gasteiger partial charge is 0.313 e. The van der Waals surface area contributed by atoms with Crippen LogP contribution in [-0.4, -0.2) is 18.6 Å². The van der Waals surface area contributed by atoms with Crippen molar-refractivity contribution >= 4 is 27.7 Å². The Balaban J connectivity index is 2.23. The molecule has 16 heavy (non-hydrogen) atoms. The summed E-state index contributed by atoms with van der Waals surface area (Å²) >= 11 is 5.29. The molecule has 0 heterocycles. The van der Waals surface area contributed by atoms with Crippen molar-refractivity contribution < 1.29 is 4.39 Å². The summed E-state index contributed by atoms with van der Waals surface area (Å²) in [5, 5.41) is 3.32. The van der Waals surface area contributed by atoms with E-state index in [1.165, 1.54) is 24.7 Å². The van der Waals surface area contributed by atoms with Crippen LogP contribution in [0.25, 0.3) is 0 Å². The summed E-state index contributed by atoms with van der Waals surface area (Å²) in [6.45, 7) is 1.71. The molecule has 0 saturated carbocycles. The number of halogens is 2. The van der Waals surface area contributed by atoms with Gasteiger partial charge in [-0.3, -0.25) is 0 Å². The highest BCUT2D eigenvalue weighted by molar-refractivity contribution is 9.10. The average molecular weight is 306 g/mol. The fourth-order valence-electron chi connectivity index (χ4n) is 1.40. The van der Waals surface area contributed by atoms with Crippen LogP contribution in [0.2, 0.25) is 0 Å². The van der Waals surface area contributed by atoms with E-state index in [4.69, 9.17) is 0 Å². The van der Waals surface area contributed by atoms with Gasteiger partial charge in [-0.2, -0.15) is 11.8 Å². The van der Waals surface area contributed by atoms with Crippen LogP contribution in [0.15, 0.2) is 22.7 Å². The van der Waals surface area contributed by atoms with E-state index < -0.39 is 0 Å². The minimum absolute atomic E-state index is 0.178. The predicted octanol–water partition coefficient (Wildman–Crippen LogP) is 3.82. The first kappa shape index (κ1) is 14.0. The second kappa shape index (κ2) is 8.09. The molecule has 4 heteroatoms. The monoisotopic (exact) mass is 305 g/mol. The lowest BCUT2D eigenvalue weighted by Gasteiger charge is -2.06.